The van der Waals surface area contributed by atoms with Crippen molar-refractivity contribution in [1.29, 1.82) is 0 Å². The Morgan fingerprint density at radius 3 is 2.28 bits per heavy atom. The molecule has 29 heavy (non-hydrogen) atoms. The van der Waals surface area contributed by atoms with Crippen molar-refractivity contribution in [3.63, 3.8) is 0 Å². The van der Waals surface area contributed by atoms with Crippen molar-refractivity contribution in [2.45, 2.75) is 32.9 Å². The molecule has 0 spiro atoms. The van der Waals surface area contributed by atoms with Crippen molar-refractivity contribution in [2.75, 3.05) is 7.11 Å². The Kier molecular flexibility index (Phi) is 6.72. The monoisotopic (exact) mass is 412 g/mol. The van der Waals surface area contributed by atoms with Gasteiger partial charge in [-0.3, -0.25) is 0 Å². The molecule has 0 radical (unpaired) electrons. The average molecular weight is 413 g/mol. The fraction of sp³-hybridized carbons (Fsp3) is 0.273. The maximum absolute atomic E-state index is 11.3. The highest BCUT2D eigenvalue weighted by Crippen LogP contribution is 2.34. The number of methoxy groups -OCH3 is 1. The van der Waals surface area contributed by atoms with Gasteiger partial charge in [-0.15, -0.1) is 0 Å². The van der Waals surface area contributed by atoms with Crippen LogP contribution in [0.3, 0.4) is 0 Å². The topological polar surface area (TPSA) is 69.7 Å². The average Bonchev–Trinajstić information content (AvgIpc) is 3.17. The number of hydrogen-bond acceptors (Lipinski definition) is 6. The van der Waals surface area contributed by atoms with E-state index < -0.39 is 6.09 Å². The number of carbonyl (C=O) groups excluding carboxylic acids is 1. The summed E-state index contributed by atoms with van der Waals surface area (Å²) in [5.74, 6) is 1.52. The summed E-state index contributed by atoms with van der Waals surface area (Å²) in [5.41, 5.74) is 2.02. The van der Waals surface area contributed by atoms with Crippen LogP contribution in [0.2, 0.25) is 0 Å². The van der Waals surface area contributed by atoms with Gasteiger partial charge in [-0.25, -0.2) is 9.78 Å². The predicted molar refractivity (Wildman–Crippen MR) is 114 cm³/mol. The van der Waals surface area contributed by atoms with Crippen LogP contribution < -0.4 is 14.8 Å². The second kappa shape index (κ2) is 9.43. The summed E-state index contributed by atoms with van der Waals surface area (Å²) in [5, 5.41) is 3.32. The van der Waals surface area contributed by atoms with E-state index in [1.165, 1.54) is 18.4 Å². The quantitative estimate of drug-likeness (QED) is 0.530. The van der Waals surface area contributed by atoms with Crippen molar-refractivity contribution in [1.82, 2.24) is 10.3 Å². The van der Waals surface area contributed by atoms with Gasteiger partial charge in [0.25, 0.3) is 5.19 Å². The first kappa shape index (κ1) is 20.7. The van der Waals surface area contributed by atoms with Gasteiger partial charge in [0.15, 0.2) is 0 Å². The Morgan fingerprint density at radius 1 is 1.00 bits per heavy atom. The number of carbonyl (C=O) groups is 1. The molecule has 3 aromatic rings. The minimum absolute atomic E-state index is 0.133. The van der Waals surface area contributed by atoms with Crippen molar-refractivity contribution >= 4 is 17.4 Å². The summed E-state index contributed by atoms with van der Waals surface area (Å²) in [7, 11) is 1.35. The third kappa shape index (κ3) is 5.71. The SMILES string of the molecule is COC(=O)NC(C)c1ccc(-c2cnc(Oc3ccc(OC(C)C)cc3)s2)cc1. The minimum Gasteiger partial charge on any atom is -0.491 e. The van der Waals surface area contributed by atoms with Gasteiger partial charge in [0.2, 0.25) is 0 Å². The van der Waals surface area contributed by atoms with Gasteiger partial charge >= 0.3 is 6.09 Å². The van der Waals surface area contributed by atoms with E-state index in [1.807, 2.05) is 69.3 Å². The number of hydrogen-bond donors (Lipinski definition) is 1. The molecule has 3 rings (SSSR count). The number of nitrogens with one attached hydrogen (secondary N) is 1. The van der Waals surface area contributed by atoms with E-state index >= 15 is 0 Å². The molecule has 1 amide bonds. The summed E-state index contributed by atoms with van der Waals surface area (Å²) in [4.78, 5) is 16.7. The van der Waals surface area contributed by atoms with Gasteiger partial charge in [0.05, 0.1) is 24.1 Å². The van der Waals surface area contributed by atoms with Gasteiger partial charge in [-0.1, -0.05) is 35.6 Å². The molecule has 1 atom stereocenters. The molecule has 0 aliphatic heterocycles. The number of benzene rings is 2. The minimum atomic E-state index is -0.449. The van der Waals surface area contributed by atoms with Crippen molar-refractivity contribution in [3.05, 3.63) is 60.3 Å². The zero-order chi connectivity index (χ0) is 20.8. The molecule has 7 heteroatoms. The molecule has 2 aromatic carbocycles. The molecule has 0 aliphatic carbocycles. The van der Waals surface area contributed by atoms with Crippen LogP contribution in [0.25, 0.3) is 10.4 Å². The maximum atomic E-state index is 11.3. The number of rotatable bonds is 7. The molecule has 1 aromatic heterocycles. The standard InChI is InChI=1S/C22H24N2O4S/c1-14(2)27-18-9-11-19(12-10-18)28-22-23-13-20(29-22)17-7-5-16(6-8-17)15(3)24-21(25)26-4/h5-15H,1-4H3,(H,24,25). The fourth-order valence-electron chi connectivity index (χ4n) is 2.65. The number of nitrogens with zero attached hydrogens (tertiary/aromatic N) is 1. The summed E-state index contributed by atoms with van der Waals surface area (Å²) in [6.45, 7) is 5.89. The molecule has 0 bridgehead atoms. The van der Waals surface area contributed by atoms with Crippen LogP contribution >= 0.6 is 11.3 Å². The van der Waals surface area contributed by atoms with Gasteiger partial charge in [0.1, 0.15) is 11.5 Å². The Hall–Kier alpha value is -3.06. The van der Waals surface area contributed by atoms with E-state index in [1.54, 1.807) is 6.20 Å². The molecule has 0 aliphatic rings. The number of amides is 1. The fourth-order valence-corrected chi connectivity index (χ4v) is 3.44. The molecule has 6 nitrogen and oxygen atoms in total. The van der Waals surface area contributed by atoms with Crippen LogP contribution in [0.5, 0.6) is 16.7 Å². The predicted octanol–water partition coefficient (Wildman–Crippen LogP) is 5.81. The van der Waals surface area contributed by atoms with E-state index in [9.17, 15) is 4.79 Å². The summed E-state index contributed by atoms with van der Waals surface area (Å²) in [6, 6.07) is 15.3. The molecule has 0 saturated carbocycles. The smallest absolute Gasteiger partial charge is 0.407 e. The second-order valence-corrected chi connectivity index (χ2v) is 7.70. The van der Waals surface area contributed by atoms with Crippen molar-refractivity contribution < 1.29 is 19.0 Å². The normalized spacial score (nSPS) is 11.8. The number of aromatic nitrogens is 1. The Morgan fingerprint density at radius 2 is 1.66 bits per heavy atom. The molecular formula is C22H24N2O4S. The van der Waals surface area contributed by atoms with Crippen LogP contribution in [0.15, 0.2) is 54.7 Å². The second-order valence-electron chi connectivity index (χ2n) is 6.71. The van der Waals surface area contributed by atoms with Gasteiger partial charge in [-0.05, 0) is 56.2 Å². The lowest BCUT2D eigenvalue weighted by Gasteiger charge is -2.13. The van der Waals surface area contributed by atoms with Crippen LogP contribution in [-0.2, 0) is 4.74 Å². The van der Waals surface area contributed by atoms with E-state index in [0.717, 1.165) is 21.8 Å². The Balaban J connectivity index is 1.64. The van der Waals surface area contributed by atoms with E-state index in [2.05, 4.69) is 15.0 Å². The summed E-state index contributed by atoms with van der Waals surface area (Å²) in [6.07, 6.45) is 1.48. The Labute approximate surface area is 174 Å². The zero-order valence-corrected chi connectivity index (χ0v) is 17.7. The number of ether oxygens (including phenoxy) is 3. The zero-order valence-electron chi connectivity index (χ0n) is 16.8. The number of alkyl carbamates (subject to hydrolysis) is 1. The molecule has 1 heterocycles. The molecule has 0 fully saturated rings. The van der Waals surface area contributed by atoms with Crippen molar-refractivity contribution in [2.24, 2.45) is 0 Å². The highest BCUT2D eigenvalue weighted by atomic mass is 32.1. The third-order valence-electron chi connectivity index (χ3n) is 4.10. The van der Waals surface area contributed by atoms with Crippen LogP contribution in [0, 0.1) is 0 Å². The maximum Gasteiger partial charge on any atom is 0.407 e. The lowest BCUT2D eigenvalue weighted by molar-refractivity contribution is 0.167. The highest BCUT2D eigenvalue weighted by molar-refractivity contribution is 7.16. The number of thiazole rings is 1. The van der Waals surface area contributed by atoms with Crippen LogP contribution in [0.1, 0.15) is 32.4 Å². The lowest BCUT2D eigenvalue weighted by Crippen LogP contribution is -2.26. The lowest BCUT2D eigenvalue weighted by atomic mass is 10.1. The first-order chi connectivity index (χ1) is 13.9. The summed E-state index contributed by atoms with van der Waals surface area (Å²) >= 11 is 1.47. The van der Waals surface area contributed by atoms with Gasteiger partial charge in [0, 0.05) is 6.20 Å². The van der Waals surface area contributed by atoms with Crippen molar-refractivity contribution in [3.8, 4) is 27.1 Å². The molecule has 1 unspecified atom stereocenters. The molecule has 0 saturated heterocycles. The van der Waals surface area contributed by atoms with Gasteiger partial charge in [-0.2, -0.15) is 0 Å². The largest absolute Gasteiger partial charge is 0.491 e. The van der Waals surface area contributed by atoms with Gasteiger partial charge < -0.3 is 19.5 Å². The first-order valence-corrected chi connectivity index (χ1v) is 10.1. The van der Waals surface area contributed by atoms with E-state index in [4.69, 9.17) is 9.47 Å². The highest BCUT2D eigenvalue weighted by Gasteiger charge is 2.11. The molecule has 1 N–H and O–H groups in total. The Bertz CT molecular complexity index is 936. The molecule has 152 valence electrons. The molecular weight excluding hydrogens is 388 g/mol. The van der Waals surface area contributed by atoms with Crippen LogP contribution in [-0.4, -0.2) is 24.3 Å². The first-order valence-electron chi connectivity index (χ1n) is 9.30. The van der Waals surface area contributed by atoms with Crippen LogP contribution in [0.4, 0.5) is 4.79 Å². The van der Waals surface area contributed by atoms with E-state index in [0.29, 0.717) is 10.9 Å². The summed E-state index contributed by atoms with van der Waals surface area (Å²) < 4.78 is 16.1. The van der Waals surface area contributed by atoms with E-state index in [-0.39, 0.29) is 12.1 Å². The third-order valence-corrected chi connectivity index (χ3v) is 5.02.